The van der Waals surface area contributed by atoms with Crippen molar-refractivity contribution in [3.05, 3.63) is 35.9 Å². The van der Waals surface area contributed by atoms with Gasteiger partial charge in [0.2, 0.25) is 5.88 Å². The lowest BCUT2D eigenvalue weighted by atomic mass is 10.1. The molecule has 0 bridgehead atoms. The SMILES string of the molecule is CCOC(=O)COc1cc(C)c2ccccc2n1. The van der Waals surface area contributed by atoms with Crippen LogP contribution in [0.5, 0.6) is 5.88 Å². The lowest BCUT2D eigenvalue weighted by Crippen LogP contribution is -2.15. The van der Waals surface area contributed by atoms with Gasteiger partial charge in [-0.3, -0.25) is 0 Å². The summed E-state index contributed by atoms with van der Waals surface area (Å²) in [7, 11) is 0. The number of aryl methyl sites for hydroxylation is 1. The lowest BCUT2D eigenvalue weighted by molar-refractivity contribution is -0.145. The van der Waals surface area contributed by atoms with Gasteiger partial charge in [-0.25, -0.2) is 9.78 Å². The van der Waals surface area contributed by atoms with Crippen LogP contribution in [0.3, 0.4) is 0 Å². The molecule has 0 N–H and O–H groups in total. The van der Waals surface area contributed by atoms with Crippen LogP contribution in [0.2, 0.25) is 0 Å². The van der Waals surface area contributed by atoms with Gasteiger partial charge >= 0.3 is 5.97 Å². The van der Waals surface area contributed by atoms with Gasteiger partial charge in [-0.1, -0.05) is 18.2 Å². The van der Waals surface area contributed by atoms with Crippen LogP contribution in [0.1, 0.15) is 12.5 Å². The Balaban J connectivity index is 2.17. The van der Waals surface area contributed by atoms with Crippen LogP contribution >= 0.6 is 0 Å². The summed E-state index contributed by atoms with van der Waals surface area (Å²) in [6, 6.07) is 9.63. The van der Waals surface area contributed by atoms with E-state index in [2.05, 4.69) is 4.98 Å². The van der Waals surface area contributed by atoms with Crippen molar-refractivity contribution in [2.75, 3.05) is 13.2 Å². The minimum Gasteiger partial charge on any atom is -0.466 e. The molecule has 0 amide bonds. The van der Waals surface area contributed by atoms with Gasteiger partial charge in [0.25, 0.3) is 0 Å². The van der Waals surface area contributed by atoms with Crippen molar-refractivity contribution < 1.29 is 14.3 Å². The van der Waals surface area contributed by atoms with Crippen LogP contribution in [0.15, 0.2) is 30.3 Å². The predicted octanol–water partition coefficient (Wildman–Crippen LogP) is 2.49. The van der Waals surface area contributed by atoms with Crippen molar-refractivity contribution >= 4 is 16.9 Å². The monoisotopic (exact) mass is 245 g/mol. The smallest absolute Gasteiger partial charge is 0.344 e. The molecular formula is C14H15NO3. The molecule has 94 valence electrons. The van der Waals surface area contributed by atoms with Crippen molar-refractivity contribution in [2.24, 2.45) is 0 Å². The number of hydrogen-bond donors (Lipinski definition) is 0. The number of para-hydroxylation sites is 1. The number of aromatic nitrogens is 1. The Morgan fingerprint density at radius 1 is 1.33 bits per heavy atom. The van der Waals surface area contributed by atoms with E-state index in [1.54, 1.807) is 6.92 Å². The highest BCUT2D eigenvalue weighted by molar-refractivity contribution is 5.82. The van der Waals surface area contributed by atoms with Crippen LogP contribution in [0.25, 0.3) is 10.9 Å². The van der Waals surface area contributed by atoms with Crippen molar-refractivity contribution in [3.63, 3.8) is 0 Å². The first-order chi connectivity index (χ1) is 8.70. The zero-order valence-corrected chi connectivity index (χ0v) is 10.5. The zero-order chi connectivity index (χ0) is 13.0. The number of nitrogens with zero attached hydrogens (tertiary/aromatic N) is 1. The highest BCUT2D eigenvalue weighted by Gasteiger charge is 2.06. The van der Waals surface area contributed by atoms with E-state index in [4.69, 9.17) is 9.47 Å². The molecule has 0 atom stereocenters. The molecule has 4 nitrogen and oxygen atoms in total. The average Bonchev–Trinajstić information content (AvgIpc) is 2.37. The molecule has 2 rings (SSSR count). The van der Waals surface area contributed by atoms with Gasteiger partial charge in [-0.05, 0) is 25.5 Å². The number of fused-ring (bicyclic) bond motifs is 1. The number of pyridine rings is 1. The molecule has 0 fully saturated rings. The van der Waals surface area contributed by atoms with Gasteiger partial charge < -0.3 is 9.47 Å². The summed E-state index contributed by atoms with van der Waals surface area (Å²) in [4.78, 5) is 15.5. The maximum absolute atomic E-state index is 11.2. The van der Waals surface area contributed by atoms with E-state index in [0.29, 0.717) is 12.5 Å². The molecule has 0 unspecified atom stereocenters. The summed E-state index contributed by atoms with van der Waals surface area (Å²) in [6.07, 6.45) is 0. The van der Waals surface area contributed by atoms with Crippen LogP contribution in [-0.4, -0.2) is 24.2 Å². The molecule has 1 heterocycles. The summed E-state index contributed by atoms with van der Waals surface area (Å²) in [5, 5.41) is 1.08. The Bertz CT molecular complexity index is 566. The van der Waals surface area contributed by atoms with Gasteiger partial charge in [0.15, 0.2) is 6.61 Å². The van der Waals surface area contributed by atoms with Crippen molar-refractivity contribution in [2.45, 2.75) is 13.8 Å². The number of esters is 1. The second-order valence-electron chi connectivity index (χ2n) is 3.89. The van der Waals surface area contributed by atoms with E-state index in [1.807, 2.05) is 37.3 Å². The number of ether oxygens (including phenoxy) is 2. The molecule has 0 aliphatic heterocycles. The fourth-order valence-electron chi connectivity index (χ4n) is 1.73. The highest BCUT2D eigenvalue weighted by atomic mass is 16.6. The molecule has 4 heteroatoms. The number of benzene rings is 1. The Kier molecular flexibility index (Phi) is 3.77. The summed E-state index contributed by atoms with van der Waals surface area (Å²) in [5.74, 6) is 0.0596. The van der Waals surface area contributed by atoms with E-state index < -0.39 is 0 Å². The predicted molar refractivity (Wildman–Crippen MR) is 68.6 cm³/mol. The third kappa shape index (κ3) is 2.77. The minimum absolute atomic E-state index is 0.112. The zero-order valence-electron chi connectivity index (χ0n) is 10.5. The normalized spacial score (nSPS) is 10.3. The third-order valence-corrected chi connectivity index (χ3v) is 2.54. The fraction of sp³-hybridized carbons (Fsp3) is 0.286. The molecule has 0 spiro atoms. The van der Waals surface area contributed by atoms with Crippen molar-refractivity contribution in [3.8, 4) is 5.88 Å². The first-order valence-corrected chi connectivity index (χ1v) is 5.85. The Morgan fingerprint density at radius 2 is 2.11 bits per heavy atom. The van der Waals surface area contributed by atoms with Crippen LogP contribution in [0.4, 0.5) is 0 Å². The molecule has 18 heavy (non-hydrogen) atoms. The summed E-state index contributed by atoms with van der Waals surface area (Å²) >= 11 is 0. The molecule has 0 aliphatic rings. The summed E-state index contributed by atoms with van der Waals surface area (Å²) in [6.45, 7) is 3.99. The quantitative estimate of drug-likeness (QED) is 0.776. The number of rotatable bonds is 4. The largest absolute Gasteiger partial charge is 0.466 e. The molecule has 0 aliphatic carbocycles. The Labute approximate surface area is 106 Å². The van der Waals surface area contributed by atoms with Crippen molar-refractivity contribution in [1.82, 2.24) is 4.98 Å². The van der Waals surface area contributed by atoms with Crippen LogP contribution < -0.4 is 4.74 Å². The molecule has 0 saturated carbocycles. The van der Waals surface area contributed by atoms with Gasteiger partial charge in [-0.15, -0.1) is 0 Å². The first-order valence-electron chi connectivity index (χ1n) is 5.85. The van der Waals surface area contributed by atoms with E-state index >= 15 is 0 Å². The number of hydrogen-bond acceptors (Lipinski definition) is 4. The lowest BCUT2D eigenvalue weighted by Gasteiger charge is -2.07. The van der Waals surface area contributed by atoms with E-state index in [9.17, 15) is 4.79 Å². The highest BCUT2D eigenvalue weighted by Crippen LogP contribution is 2.20. The van der Waals surface area contributed by atoms with Gasteiger partial charge in [-0.2, -0.15) is 0 Å². The van der Waals surface area contributed by atoms with Crippen molar-refractivity contribution in [1.29, 1.82) is 0 Å². The molecule has 1 aromatic carbocycles. The number of carbonyl (C=O) groups is 1. The average molecular weight is 245 g/mol. The standard InChI is InChI=1S/C14H15NO3/c1-3-17-14(16)9-18-13-8-10(2)11-6-4-5-7-12(11)15-13/h4-8H,3,9H2,1-2H3. The second kappa shape index (κ2) is 5.49. The minimum atomic E-state index is -0.384. The molecule has 0 saturated heterocycles. The van der Waals surface area contributed by atoms with Crippen LogP contribution in [0, 0.1) is 6.92 Å². The van der Waals surface area contributed by atoms with E-state index in [1.165, 1.54) is 0 Å². The maximum atomic E-state index is 11.2. The molecular weight excluding hydrogens is 230 g/mol. The molecule has 0 radical (unpaired) electrons. The van der Waals surface area contributed by atoms with Gasteiger partial charge in [0.05, 0.1) is 12.1 Å². The second-order valence-corrected chi connectivity index (χ2v) is 3.89. The topological polar surface area (TPSA) is 48.4 Å². The summed E-state index contributed by atoms with van der Waals surface area (Å²) in [5.41, 5.74) is 1.93. The van der Waals surface area contributed by atoms with Gasteiger partial charge in [0.1, 0.15) is 0 Å². The summed E-state index contributed by atoms with van der Waals surface area (Å²) < 4.78 is 10.1. The third-order valence-electron chi connectivity index (χ3n) is 2.54. The molecule has 1 aromatic heterocycles. The fourth-order valence-corrected chi connectivity index (χ4v) is 1.73. The Morgan fingerprint density at radius 3 is 2.89 bits per heavy atom. The number of carbonyl (C=O) groups excluding carboxylic acids is 1. The first kappa shape index (κ1) is 12.4. The van der Waals surface area contributed by atoms with E-state index in [-0.39, 0.29) is 12.6 Å². The van der Waals surface area contributed by atoms with Gasteiger partial charge in [0, 0.05) is 11.5 Å². The Hall–Kier alpha value is -2.10. The molecule has 2 aromatic rings. The maximum Gasteiger partial charge on any atom is 0.344 e. The van der Waals surface area contributed by atoms with Crippen LogP contribution in [-0.2, 0) is 9.53 Å². The van der Waals surface area contributed by atoms with E-state index in [0.717, 1.165) is 16.5 Å².